The summed E-state index contributed by atoms with van der Waals surface area (Å²) < 4.78 is 17.2. The van der Waals surface area contributed by atoms with Crippen LogP contribution in [0.25, 0.3) is 22.2 Å². The van der Waals surface area contributed by atoms with Gasteiger partial charge in [-0.1, -0.05) is 47.5 Å². The molecule has 3 aromatic carbocycles. The van der Waals surface area contributed by atoms with Crippen LogP contribution in [-0.2, 0) is 17.9 Å². The van der Waals surface area contributed by atoms with Gasteiger partial charge in [-0.3, -0.25) is 9.59 Å². The highest BCUT2D eigenvalue weighted by molar-refractivity contribution is 5.94. The number of amides is 1. The van der Waals surface area contributed by atoms with Crippen LogP contribution >= 0.6 is 0 Å². The van der Waals surface area contributed by atoms with Crippen molar-refractivity contribution in [2.75, 3.05) is 5.32 Å². The molecule has 1 amide bonds. The number of benzene rings is 3. The zero-order valence-electron chi connectivity index (χ0n) is 18.9. The molecule has 0 aliphatic carbocycles. The zero-order valence-corrected chi connectivity index (χ0v) is 18.9. The summed E-state index contributed by atoms with van der Waals surface area (Å²) >= 11 is 0. The molecule has 0 unspecified atom stereocenters. The van der Waals surface area contributed by atoms with Crippen LogP contribution in [0.15, 0.2) is 77.7 Å². The van der Waals surface area contributed by atoms with E-state index in [1.807, 2.05) is 48.7 Å². The largest absolute Gasteiger partial charge is 0.342 e. The van der Waals surface area contributed by atoms with E-state index in [4.69, 9.17) is 0 Å². The van der Waals surface area contributed by atoms with Crippen LogP contribution in [0.5, 0.6) is 0 Å². The number of nitrogens with one attached hydrogen (secondary N) is 1. The third-order valence-corrected chi connectivity index (χ3v) is 5.81. The molecule has 170 valence electrons. The monoisotopic (exact) mass is 454 g/mol. The van der Waals surface area contributed by atoms with E-state index in [2.05, 4.69) is 16.5 Å². The van der Waals surface area contributed by atoms with Crippen LogP contribution in [0.4, 0.5) is 10.1 Å². The number of carbonyl (C=O) groups excluding carboxylic acids is 1. The minimum Gasteiger partial charge on any atom is -0.342 e. The number of nitrogens with zero attached hydrogens (tertiary/aromatic N) is 3. The normalized spacial score (nSPS) is 11.3. The minimum absolute atomic E-state index is 0.240. The predicted molar refractivity (Wildman–Crippen MR) is 131 cm³/mol. The van der Waals surface area contributed by atoms with Crippen molar-refractivity contribution in [3.05, 3.63) is 106 Å². The van der Waals surface area contributed by atoms with Crippen molar-refractivity contribution in [2.45, 2.75) is 26.9 Å². The number of rotatable bonds is 5. The second kappa shape index (κ2) is 8.59. The van der Waals surface area contributed by atoms with Gasteiger partial charge in [0.1, 0.15) is 18.1 Å². The first-order valence-corrected chi connectivity index (χ1v) is 11.0. The molecule has 0 fully saturated rings. The van der Waals surface area contributed by atoms with Gasteiger partial charge in [-0.2, -0.15) is 5.10 Å². The number of aryl methyl sites for hydroxylation is 2. The Hall–Kier alpha value is -4.26. The lowest BCUT2D eigenvalue weighted by atomic mass is 10.1. The summed E-state index contributed by atoms with van der Waals surface area (Å²) in [7, 11) is 0. The number of hydrogen-bond acceptors (Lipinski definition) is 3. The first-order valence-electron chi connectivity index (χ1n) is 11.0. The van der Waals surface area contributed by atoms with Gasteiger partial charge in [-0.25, -0.2) is 9.07 Å². The molecule has 0 saturated heterocycles. The van der Waals surface area contributed by atoms with Crippen LogP contribution < -0.4 is 10.9 Å². The number of halogens is 1. The number of anilines is 1. The maximum atomic E-state index is 14.2. The standard InChI is InChI=1S/C27H23FN4O2/c1-17-6-9-21(10-7-17)29-25(33)16-32-27(34)23-15-31(14-19-5-3-4-18(2)12-19)24-11-8-20(28)13-22(24)26(23)30-32/h3-13,15H,14,16H2,1-2H3,(H,29,33). The van der Waals surface area contributed by atoms with Gasteiger partial charge in [-0.05, 0) is 49.7 Å². The smallest absolute Gasteiger partial charge is 0.278 e. The third kappa shape index (κ3) is 4.20. The van der Waals surface area contributed by atoms with Crippen molar-refractivity contribution in [3.8, 4) is 11.3 Å². The molecule has 0 saturated carbocycles. The van der Waals surface area contributed by atoms with Gasteiger partial charge in [0.25, 0.3) is 5.56 Å². The number of hydrogen-bond donors (Lipinski definition) is 1. The van der Waals surface area contributed by atoms with Gasteiger partial charge in [0, 0.05) is 23.8 Å². The van der Waals surface area contributed by atoms with Crippen molar-refractivity contribution >= 4 is 22.5 Å². The predicted octanol–water partition coefficient (Wildman–Crippen LogP) is 4.75. The maximum Gasteiger partial charge on any atom is 0.278 e. The summed E-state index contributed by atoms with van der Waals surface area (Å²) in [4.78, 5) is 25.7. The van der Waals surface area contributed by atoms with E-state index in [1.165, 1.54) is 12.1 Å². The number of aromatic nitrogens is 3. The molecule has 0 bridgehead atoms. The molecular weight excluding hydrogens is 431 g/mol. The molecule has 7 heteroatoms. The highest BCUT2D eigenvalue weighted by atomic mass is 19.1. The van der Waals surface area contributed by atoms with E-state index in [0.717, 1.165) is 26.9 Å². The van der Waals surface area contributed by atoms with Crippen LogP contribution in [0.1, 0.15) is 16.7 Å². The highest BCUT2D eigenvalue weighted by Crippen LogP contribution is 2.29. The van der Waals surface area contributed by atoms with Crippen molar-refractivity contribution < 1.29 is 9.18 Å². The van der Waals surface area contributed by atoms with Gasteiger partial charge < -0.3 is 9.88 Å². The lowest BCUT2D eigenvalue weighted by molar-refractivity contribution is -0.116. The Labute approximate surface area is 195 Å². The minimum atomic E-state index is -0.416. The van der Waals surface area contributed by atoms with Crippen molar-refractivity contribution in [2.24, 2.45) is 0 Å². The fraction of sp³-hybridized carbons (Fsp3) is 0.148. The van der Waals surface area contributed by atoms with Crippen LogP contribution in [0, 0.1) is 19.7 Å². The van der Waals surface area contributed by atoms with Crippen molar-refractivity contribution in [1.29, 1.82) is 0 Å². The van der Waals surface area contributed by atoms with Gasteiger partial charge >= 0.3 is 0 Å². The van der Waals surface area contributed by atoms with E-state index in [-0.39, 0.29) is 12.5 Å². The van der Waals surface area contributed by atoms with Crippen LogP contribution in [0.3, 0.4) is 0 Å². The molecule has 0 aromatic heterocycles. The topological polar surface area (TPSA) is 68.9 Å². The van der Waals surface area contributed by atoms with E-state index >= 15 is 0 Å². The van der Waals surface area contributed by atoms with E-state index < -0.39 is 11.4 Å². The first-order chi connectivity index (χ1) is 16.4. The van der Waals surface area contributed by atoms with Crippen molar-refractivity contribution in [3.63, 3.8) is 0 Å². The summed E-state index contributed by atoms with van der Waals surface area (Å²) in [6, 6.07) is 19.9. The second-order valence-corrected chi connectivity index (χ2v) is 8.55. The van der Waals surface area contributed by atoms with Gasteiger partial charge in [0.05, 0.1) is 11.1 Å². The fourth-order valence-corrected chi connectivity index (χ4v) is 4.17. The SMILES string of the molecule is Cc1ccc(NC(=O)Cn2nc3c4cc(F)ccc4n(Cc4cccc(C)c4)cc-3c2=O)cc1. The maximum absolute atomic E-state index is 14.2. The lowest BCUT2D eigenvalue weighted by Gasteiger charge is -2.14. The summed E-state index contributed by atoms with van der Waals surface area (Å²) in [6.07, 6.45) is 1.74. The molecule has 0 spiro atoms. The zero-order chi connectivity index (χ0) is 23.8. The molecule has 6 nitrogen and oxygen atoms in total. The Morgan fingerprint density at radius 2 is 1.79 bits per heavy atom. The second-order valence-electron chi connectivity index (χ2n) is 8.55. The summed E-state index contributed by atoms with van der Waals surface area (Å²) in [6.45, 7) is 4.25. The Balaban J connectivity index is 1.55. The fourth-order valence-electron chi connectivity index (χ4n) is 4.17. The highest BCUT2D eigenvalue weighted by Gasteiger charge is 2.22. The Bertz CT molecular complexity index is 1550. The number of fused-ring (bicyclic) bond motifs is 3. The van der Waals surface area contributed by atoms with Crippen molar-refractivity contribution in [1.82, 2.24) is 14.3 Å². The molecule has 5 rings (SSSR count). The molecule has 0 radical (unpaired) electrons. The third-order valence-electron chi connectivity index (χ3n) is 5.81. The summed E-state index contributed by atoms with van der Waals surface area (Å²) in [5, 5.41) is 7.71. The molecule has 2 aliphatic rings. The summed E-state index contributed by atoms with van der Waals surface area (Å²) in [5.74, 6) is -0.780. The molecule has 0 atom stereocenters. The number of carbonyl (C=O) groups is 1. The van der Waals surface area contributed by atoms with Crippen LogP contribution in [-0.4, -0.2) is 20.3 Å². The quantitative estimate of drug-likeness (QED) is 0.417. The van der Waals surface area contributed by atoms with E-state index in [1.54, 1.807) is 24.4 Å². The van der Waals surface area contributed by atoms with Crippen LogP contribution in [0.2, 0.25) is 0 Å². The van der Waals surface area contributed by atoms with Gasteiger partial charge in [0.15, 0.2) is 0 Å². The Morgan fingerprint density at radius 3 is 2.56 bits per heavy atom. The molecule has 34 heavy (non-hydrogen) atoms. The first kappa shape index (κ1) is 21.6. The molecule has 3 aromatic rings. The Morgan fingerprint density at radius 1 is 1.00 bits per heavy atom. The van der Waals surface area contributed by atoms with E-state index in [9.17, 15) is 14.0 Å². The molecule has 2 aliphatic heterocycles. The average molecular weight is 455 g/mol. The summed E-state index contributed by atoms with van der Waals surface area (Å²) in [5.41, 5.74) is 5.00. The number of pyridine rings is 1. The van der Waals surface area contributed by atoms with Gasteiger partial charge in [-0.15, -0.1) is 0 Å². The lowest BCUT2D eigenvalue weighted by Crippen LogP contribution is -2.26. The van der Waals surface area contributed by atoms with E-state index in [0.29, 0.717) is 28.9 Å². The molecule has 2 heterocycles. The average Bonchev–Trinajstić information content (AvgIpc) is 3.11. The van der Waals surface area contributed by atoms with Gasteiger partial charge in [0.2, 0.25) is 5.91 Å². The molecule has 1 N–H and O–H groups in total. The Kier molecular flexibility index (Phi) is 5.45. The molecular formula is C27H23FN4O2.